The van der Waals surface area contributed by atoms with Crippen molar-refractivity contribution in [3.63, 3.8) is 0 Å². The van der Waals surface area contributed by atoms with Crippen molar-refractivity contribution in [1.82, 2.24) is 9.31 Å². The zero-order chi connectivity index (χ0) is 20.3. The lowest BCUT2D eigenvalue weighted by atomic mass is 10.1. The smallest absolute Gasteiger partial charge is 0.280 e. The predicted octanol–water partition coefficient (Wildman–Crippen LogP) is 2.43. The van der Waals surface area contributed by atoms with Gasteiger partial charge in [0.15, 0.2) is 5.78 Å². The van der Waals surface area contributed by atoms with Crippen LogP contribution >= 0.6 is 11.3 Å². The molecule has 1 aromatic heterocycles. The summed E-state index contributed by atoms with van der Waals surface area (Å²) in [4.78, 5) is 27.0. The van der Waals surface area contributed by atoms with Gasteiger partial charge in [0.05, 0.1) is 16.3 Å². The number of thiophene rings is 1. The zero-order valence-corrected chi connectivity index (χ0v) is 16.7. The molecule has 1 amide bonds. The van der Waals surface area contributed by atoms with Crippen LogP contribution in [0.1, 0.15) is 21.7 Å². The van der Waals surface area contributed by atoms with E-state index in [0.717, 1.165) is 5.56 Å². The Kier molecular flexibility index (Phi) is 5.78. The number of ketones is 1. The van der Waals surface area contributed by atoms with Gasteiger partial charge in [0.2, 0.25) is 0 Å². The fourth-order valence-electron chi connectivity index (χ4n) is 2.61. The van der Waals surface area contributed by atoms with Crippen molar-refractivity contribution < 1.29 is 18.0 Å². The predicted molar refractivity (Wildman–Crippen MR) is 107 cm³/mol. The lowest BCUT2D eigenvalue weighted by molar-refractivity contribution is -0.123. The highest BCUT2D eigenvalue weighted by Gasteiger charge is 2.29. The van der Waals surface area contributed by atoms with Crippen LogP contribution in [0.25, 0.3) is 0 Å². The Morgan fingerprint density at radius 2 is 1.93 bits per heavy atom. The highest BCUT2D eigenvalue weighted by atomic mass is 32.2. The lowest BCUT2D eigenvalue weighted by Crippen LogP contribution is -2.43. The molecular weight excluding hydrogens is 398 g/mol. The number of Topliss-reactive ketones (excluding diaryl/α,β-unsaturated/α-hetero) is 1. The van der Waals surface area contributed by atoms with Crippen molar-refractivity contribution in [3.05, 3.63) is 76.3 Å². The van der Waals surface area contributed by atoms with E-state index in [1.165, 1.54) is 29.7 Å². The number of nitrogens with two attached hydrogens (primary N) is 1. The summed E-state index contributed by atoms with van der Waals surface area (Å²) in [5, 5.41) is 1.81. The average Bonchev–Trinajstić information content (AvgIpc) is 3.22. The summed E-state index contributed by atoms with van der Waals surface area (Å²) in [6, 6.07) is 9.58. The van der Waals surface area contributed by atoms with Crippen LogP contribution in [0.5, 0.6) is 0 Å². The molecule has 0 atom stereocenters. The van der Waals surface area contributed by atoms with E-state index >= 15 is 0 Å². The maximum absolute atomic E-state index is 12.7. The van der Waals surface area contributed by atoms with Gasteiger partial charge in [-0.25, -0.2) is 5.84 Å². The molecule has 1 aliphatic heterocycles. The molecule has 2 N–H and O–H groups in total. The standard InChI is InChI=1S/C19H19N3O4S2/c1-14-6-8-16(9-7-14)28(25,26)22(20)19(24)15-4-2-10-21(12-15)13-17(23)18-5-3-11-27-18/h2-3,5-12H,4,13,20H2,1H3. The number of carbonyl (C=O) groups excluding carboxylic acids is 2. The van der Waals surface area contributed by atoms with Gasteiger partial charge in [-0.1, -0.05) is 29.8 Å². The molecular formula is C19H19N3O4S2. The molecule has 0 aliphatic carbocycles. The molecule has 3 rings (SSSR count). The number of hydrogen-bond acceptors (Lipinski definition) is 7. The summed E-state index contributed by atoms with van der Waals surface area (Å²) in [6.07, 6.45) is 5.04. The Morgan fingerprint density at radius 1 is 1.21 bits per heavy atom. The topological polar surface area (TPSA) is 101 Å². The molecule has 0 bridgehead atoms. The molecule has 0 radical (unpaired) electrons. The molecule has 0 saturated carbocycles. The maximum atomic E-state index is 12.7. The van der Waals surface area contributed by atoms with Gasteiger partial charge in [-0.15, -0.1) is 11.3 Å². The first-order valence-electron chi connectivity index (χ1n) is 8.40. The van der Waals surface area contributed by atoms with Gasteiger partial charge in [0, 0.05) is 18.0 Å². The molecule has 0 unspecified atom stereocenters. The summed E-state index contributed by atoms with van der Waals surface area (Å²) in [7, 11) is -4.17. The number of amides is 1. The molecule has 0 spiro atoms. The second kappa shape index (κ2) is 8.09. The van der Waals surface area contributed by atoms with Crippen LogP contribution in [-0.4, -0.2) is 36.0 Å². The Morgan fingerprint density at radius 3 is 2.57 bits per heavy atom. The number of carbonyl (C=O) groups is 2. The Balaban J connectivity index is 1.76. The fraction of sp³-hybridized carbons (Fsp3) is 0.158. The first-order chi connectivity index (χ1) is 13.3. The first-order valence-corrected chi connectivity index (χ1v) is 10.7. The van der Waals surface area contributed by atoms with E-state index in [9.17, 15) is 18.0 Å². The Labute approximate surface area is 167 Å². The van der Waals surface area contributed by atoms with E-state index in [1.54, 1.807) is 41.4 Å². The quantitative estimate of drug-likeness (QED) is 0.335. The number of benzene rings is 1. The van der Waals surface area contributed by atoms with Crippen molar-refractivity contribution in [2.45, 2.75) is 18.2 Å². The summed E-state index contributed by atoms with van der Waals surface area (Å²) in [5.41, 5.74) is 1.07. The zero-order valence-electron chi connectivity index (χ0n) is 15.1. The second-order valence-corrected chi connectivity index (χ2v) is 9.00. The molecule has 9 heteroatoms. The van der Waals surface area contributed by atoms with Crippen LogP contribution < -0.4 is 5.84 Å². The third-order valence-electron chi connectivity index (χ3n) is 4.13. The van der Waals surface area contributed by atoms with Gasteiger partial charge in [-0.05, 0) is 36.9 Å². The number of allylic oxidation sites excluding steroid dienone is 1. The van der Waals surface area contributed by atoms with E-state index in [0.29, 0.717) is 4.88 Å². The summed E-state index contributed by atoms with van der Waals surface area (Å²) >= 11 is 1.34. The third-order valence-corrected chi connectivity index (χ3v) is 6.59. The van der Waals surface area contributed by atoms with Gasteiger partial charge < -0.3 is 4.90 Å². The van der Waals surface area contributed by atoms with E-state index in [1.807, 2.05) is 12.3 Å². The monoisotopic (exact) mass is 417 g/mol. The number of hydrogen-bond donors (Lipinski definition) is 1. The van der Waals surface area contributed by atoms with Crippen molar-refractivity contribution in [1.29, 1.82) is 0 Å². The number of rotatable bonds is 6. The number of sulfonamides is 1. The van der Waals surface area contributed by atoms with Gasteiger partial charge in [-0.2, -0.15) is 12.8 Å². The van der Waals surface area contributed by atoms with Crippen molar-refractivity contribution >= 4 is 33.1 Å². The third kappa shape index (κ3) is 4.22. The highest BCUT2D eigenvalue weighted by molar-refractivity contribution is 7.89. The van der Waals surface area contributed by atoms with Gasteiger partial charge in [0.1, 0.15) is 0 Å². The molecule has 1 aromatic carbocycles. The summed E-state index contributed by atoms with van der Waals surface area (Å²) in [6.45, 7) is 1.87. The minimum absolute atomic E-state index is 0.0447. The number of aryl methyl sites for hydroxylation is 1. The largest absolute Gasteiger partial charge is 0.346 e. The second-order valence-electron chi connectivity index (χ2n) is 6.24. The lowest BCUT2D eigenvalue weighted by Gasteiger charge is -2.23. The molecule has 2 heterocycles. The van der Waals surface area contributed by atoms with Gasteiger partial charge in [-0.3, -0.25) is 9.59 Å². The molecule has 146 valence electrons. The SMILES string of the molecule is Cc1ccc(S(=O)(=O)N(N)C(=O)C2=CN(CC(=O)c3cccs3)C=CC2)cc1. The first kappa shape index (κ1) is 20.0. The fourth-order valence-corrected chi connectivity index (χ4v) is 4.31. The summed E-state index contributed by atoms with van der Waals surface area (Å²) < 4.78 is 25.5. The maximum Gasteiger partial charge on any atom is 0.280 e. The summed E-state index contributed by atoms with van der Waals surface area (Å²) in [5.74, 6) is 4.74. The molecule has 28 heavy (non-hydrogen) atoms. The van der Waals surface area contributed by atoms with Crippen LogP contribution in [0.3, 0.4) is 0 Å². The molecule has 0 fully saturated rings. The highest BCUT2D eigenvalue weighted by Crippen LogP contribution is 2.20. The number of nitrogens with zero attached hydrogens (tertiary/aromatic N) is 2. The van der Waals surface area contributed by atoms with E-state index in [-0.39, 0.29) is 33.6 Å². The van der Waals surface area contributed by atoms with E-state index in [4.69, 9.17) is 5.84 Å². The van der Waals surface area contributed by atoms with Crippen LogP contribution in [0.4, 0.5) is 0 Å². The average molecular weight is 418 g/mol. The van der Waals surface area contributed by atoms with Crippen molar-refractivity contribution in [2.24, 2.45) is 5.84 Å². The Bertz CT molecular complexity index is 1040. The van der Waals surface area contributed by atoms with Crippen LogP contribution in [0.2, 0.25) is 0 Å². The van der Waals surface area contributed by atoms with Gasteiger partial charge >= 0.3 is 0 Å². The number of hydrazine groups is 1. The Hall–Kier alpha value is -2.75. The minimum Gasteiger partial charge on any atom is -0.346 e. The van der Waals surface area contributed by atoms with Crippen LogP contribution in [0, 0.1) is 6.92 Å². The van der Waals surface area contributed by atoms with Crippen LogP contribution in [0.15, 0.2) is 70.7 Å². The molecule has 7 nitrogen and oxygen atoms in total. The van der Waals surface area contributed by atoms with E-state index < -0.39 is 15.9 Å². The van der Waals surface area contributed by atoms with E-state index in [2.05, 4.69) is 0 Å². The molecule has 1 aliphatic rings. The van der Waals surface area contributed by atoms with Crippen LogP contribution in [-0.2, 0) is 14.8 Å². The van der Waals surface area contributed by atoms with Crippen molar-refractivity contribution in [3.8, 4) is 0 Å². The minimum atomic E-state index is -4.17. The molecule has 2 aromatic rings. The molecule has 0 saturated heterocycles. The van der Waals surface area contributed by atoms with Crippen molar-refractivity contribution in [2.75, 3.05) is 6.54 Å². The normalized spacial score (nSPS) is 13.9. The van der Waals surface area contributed by atoms with Gasteiger partial charge in [0.25, 0.3) is 15.9 Å².